The van der Waals surface area contributed by atoms with Gasteiger partial charge in [0.1, 0.15) is 19.8 Å². The number of phosphoric acid groups is 1. The first-order valence-corrected chi connectivity index (χ1v) is 25.2. The lowest BCUT2D eigenvalue weighted by Crippen LogP contribution is -2.37. The van der Waals surface area contributed by atoms with E-state index in [1.165, 1.54) is 154 Å². The van der Waals surface area contributed by atoms with Crippen molar-refractivity contribution in [2.75, 3.05) is 47.5 Å². The molecule has 0 aliphatic heterocycles. The van der Waals surface area contributed by atoms with E-state index in [0.717, 1.165) is 32.1 Å². The lowest BCUT2D eigenvalue weighted by atomic mass is 10.1. The van der Waals surface area contributed by atoms with Gasteiger partial charge in [0.15, 0.2) is 6.10 Å². The molecule has 0 aromatic heterocycles. The summed E-state index contributed by atoms with van der Waals surface area (Å²) in [6.07, 6.45) is 46.6. The first-order valence-electron chi connectivity index (χ1n) is 23.7. The van der Waals surface area contributed by atoms with Gasteiger partial charge in [0.2, 0.25) is 0 Å². The number of quaternary nitrogens is 1. The summed E-state index contributed by atoms with van der Waals surface area (Å²) in [5.41, 5.74) is 0. The molecule has 9 nitrogen and oxygen atoms in total. The number of hydrogen-bond donors (Lipinski definition) is 0. The number of ether oxygens (including phenoxy) is 2. The van der Waals surface area contributed by atoms with Crippen LogP contribution in [0.25, 0.3) is 0 Å². The van der Waals surface area contributed by atoms with Gasteiger partial charge in [-0.15, -0.1) is 0 Å². The SMILES string of the molecule is CCCCCCCC/C=C/CCCCCCCCCCCC(=O)O[C@H](COC(=O)/C=C/C=C/CCCCCCCCCCCCC)COP(=O)([O-])OCC[N+](C)(C)C. The molecule has 2 atom stereocenters. The smallest absolute Gasteiger partial charge is 0.330 e. The van der Waals surface area contributed by atoms with Crippen LogP contribution in [0.5, 0.6) is 0 Å². The Morgan fingerprint density at radius 3 is 1.47 bits per heavy atom. The Balaban J connectivity index is 4.38. The first-order chi connectivity index (χ1) is 28.0. The lowest BCUT2D eigenvalue weighted by molar-refractivity contribution is -0.870. The Kier molecular flexibility index (Phi) is 39.4. The first kappa shape index (κ1) is 56.2. The van der Waals surface area contributed by atoms with Gasteiger partial charge in [-0.2, -0.15) is 0 Å². The number of allylic oxidation sites excluding steroid dienone is 5. The molecule has 0 saturated heterocycles. The fraction of sp³-hybridized carbons (Fsp3) is 0.833. The third-order valence-corrected chi connectivity index (χ3v) is 11.2. The second-order valence-corrected chi connectivity index (χ2v) is 18.6. The number of carbonyl (C=O) groups excluding carboxylic acids is 2. The van der Waals surface area contributed by atoms with Crippen molar-refractivity contribution in [1.82, 2.24) is 0 Å². The Morgan fingerprint density at radius 1 is 0.569 bits per heavy atom. The molecule has 0 heterocycles. The summed E-state index contributed by atoms with van der Waals surface area (Å²) in [6.45, 7) is 4.11. The van der Waals surface area contributed by atoms with Crippen LogP contribution in [0.1, 0.15) is 206 Å². The fourth-order valence-electron chi connectivity index (χ4n) is 6.50. The maximum atomic E-state index is 12.7. The van der Waals surface area contributed by atoms with Gasteiger partial charge in [-0.05, 0) is 44.9 Å². The minimum absolute atomic E-state index is 0.0434. The lowest BCUT2D eigenvalue weighted by Gasteiger charge is -2.28. The van der Waals surface area contributed by atoms with Crippen LogP contribution in [-0.2, 0) is 32.7 Å². The maximum absolute atomic E-state index is 12.7. The molecule has 0 bridgehead atoms. The number of esters is 2. The second-order valence-electron chi connectivity index (χ2n) is 17.2. The van der Waals surface area contributed by atoms with Crippen LogP contribution in [0.3, 0.4) is 0 Å². The number of unbranched alkanes of at least 4 members (excludes halogenated alkanes) is 26. The average Bonchev–Trinajstić information content (AvgIpc) is 3.17. The van der Waals surface area contributed by atoms with Crippen molar-refractivity contribution in [2.45, 2.75) is 213 Å². The summed E-state index contributed by atoms with van der Waals surface area (Å²) in [5, 5.41) is 0. The average molecular weight is 840 g/mol. The topological polar surface area (TPSA) is 111 Å². The molecule has 0 spiro atoms. The number of hydrogen-bond acceptors (Lipinski definition) is 8. The largest absolute Gasteiger partial charge is 0.756 e. The highest BCUT2D eigenvalue weighted by molar-refractivity contribution is 7.45. The number of phosphoric ester groups is 1. The number of rotatable bonds is 43. The van der Waals surface area contributed by atoms with Gasteiger partial charge in [0.25, 0.3) is 7.82 Å². The van der Waals surface area contributed by atoms with Crippen LogP contribution in [0.2, 0.25) is 0 Å². The molecule has 340 valence electrons. The molecule has 0 fully saturated rings. The molecule has 58 heavy (non-hydrogen) atoms. The summed E-state index contributed by atoms with van der Waals surface area (Å²) in [4.78, 5) is 37.5. The molecule has 0 N–H and O–H groups in total. The molecule has 0 radical (unpaired) electrons. The van der Waals surface area contributed by atoms with Crippen molar-refractivity contribution in [1.29, 1.82) is 0 Å². The summed E-state index contributed by atoms with van der Waals surface area (Å²) in [7, 11) is 1.12. The zero-order valence-electron chi connectivity index (χ0n) is 38.2. The van der Waals surface area contributed by atoms with Crippen molar-refractivity contribution in [3.63, 3.8) is 0 Å². The standard InChI is InChI=1S/C48H90NO8P/c1-6-8-10-12-14-16-18-20-22-23-24-25-27-29-31-33-35-37-39-41-48(51)57-46(45-56-58(52,53)55-43-42-49(3,4)5)44-54-47(50)40-38-36-34-32-30-28-26-21-19-17-15-13-11-9-7-2/h20,22,34,36,38,40,46H,6-19,21,23-33,35,37,39,41-45H2,1-5H3/b22-20+,36-34+,40-38+/t46-/m1/s1. The quantitative estimate of drug-likeness (QED) is 0.0113. The van der Waals surface area contributed by atoms with E-state index >= 15 is 0 Å². The van der Waals surface area contributed by atoms with Crippen LogP contribution in [-0.4, -0.2) is 70.0 Å². The molecule has 0 aromatic rings. The zero-order chi connectivity index (χ0) is 42.8. The van der Waals surface area contributed by atoms with E-state index in [1.54, 1.807) is 6.08 Å². The van der Waals surface area contributed by atoms with E-state index in [1.807, 2.05) is 33.3 Å². The Hall–Kier alpha value is -1.77. The summed E-state index contributed by atoms with van der Waals surface area (Å²) < 4.78 is 33.8. The van der Waals surface area contributed by atoms with Crippen molar-refractivity contribution in [3.05, 3.63) is 36.5 Å². The highest BCUT2D eigenvalue weighted by Crippen LogP contribution is 2.38. The zero-order valence-corrected chi connectivity index (χ0v) is 39.1. The third-order valence-electron chi connectivity index (χ3n) is 10.2. The number of nitrogens with zero attached hydrogens (tertiary/aromatic N) is 1. The van der Waals surface area contributed by atoms with Crippen molar-refractivity contribution >= 4 is 19.8 Å². The van der Waals surface area contributed by atoms with Crippen molar-refractivity contribution in [3.8, 4) is 0 Å². The molecule has 1 unspecified atom stereocenters. The minimum Gasteiger partial charge on any atom is -0.756 e. The molecule has 0 saturated carbocycles. The van der Waals surface area contributed by atoms with E-state index in [9.17, 15) is 19.0 Å². The van der Waals surface area contributed by atoms with Gasteiger partial charge in [-0.1, -0.05) is 185 Å². The highest BCUT2D eigenvalue weighted by atomic mass is 31.2. The van der Waals surface area contributed by atoms with E-state index in [2.05, 4.69) is 26.0 Å². The third kappa shape index (κ3) is 43.8. The fourth-order valence-corrected chi connectivity index (χ4v) is 7.23. The van der Waals surface area contributed by atoms with Gasteiger partial charge < -0.3 is 27.9 Å². The van der Waals surface area contributed by atoms with Gasteiger partial charge in [0, 0.05) is 12.5 Å². The van der Waals surface area contributed by atoms with Crippen molar-refractivity contribution < 1.29 is 42.1 Å². The summed E-state index contributed by atoms with van der Waals surface area (Å²) >= 11 is 0. The Morgan fingerprint density at radius 2 is 1.00 bits per heavy atom. The van der Waals surface area contributed by atoms with E-state index < -0.39 is 32.5 Å². The highest BCUT2D eigenvalue weighted by Gasteiger charge is 2.21. The van der Waals surface area contributed by atoms with E-state index in [0.29, 0.717) is 17.4 Å². The van der Waals surface area contributed by atoms with Gasteiger partial charge in [-0.25, -0.2) is 4.79 Å². The van der Waals surface area contributed by atoms with Gasteiger partial charge >= 0.3 is 11.9 Å². The molecule has 0 rings (SSSR count). The van der Waals surface area contributed by atoms with Crippen LogP contribution in [0, 0.1) is 0 Å². The van der Waals surface area contributed by atoms with Gasteiger partial charge in [-0.3, -0.25) is 9.36 Å². The molecule has 0 aliphatic rings. The van der Waals surface area contributed by atoms with Crippen molar-refractivity contribution in [2.24, 2.45) is 0 Å². The number of likely N-dealkylation sites (N-methyl/N-ethyl adjacent to an activating group) is 1. The normalized spacial score (nSPS) is 13.8. The Bertz CT molecular complexity index is 1090. The molecular formula is C48H90NO8P. The monoisotopic (exact) mass is 840 g/mol. The molecule has 10 heteroatoms. The summed E-state index contributed by atoms with van der Waals surface area (Å²) in [5.74, 6) is -1.08. The van der Waals surface area contributed by atoms with Crippen LogP contribution >= 0.6 is 7.82 Å². The van der Waals surface area contributed by atoms with Crippen LogP contribution in [0.4, 0.5) is 0 Å². The maximum Gasteiger partial charge on any atom is 0.330 e. The molecule has 0 aliphatic carbocycles. The number of carbonyl (C=O) groups is 2. The van der Waals surface area contributed by atoms with Crippen LogP contribution < -0.4 is 4.89 Å². The summed E-state index contributed by atoms with van der Waals surface area (Å²) in [6, 6.07) is 0. The van der Waals surface area contributed by atoms with E-state index in [-0.39, 0.29) is 19.6 Å². The van der Waals surface area contributed by atoms with Crippen LogP contribution in [0.15, 0.2) is 36.5 Å². The molecule has 0 amide bonds. The predicted molar refractivity (Wildman–Crippen MR) is 241 cm³/mol. The van der Waals surface area contributed by atoms with Gasteiger partial charge in [0.05, 0.1) is 27.7 Å². The molecule has 0 aromatic carbocycles. The second kappa shape index (κ2) is 40.6. The predicted octanol–water partition coefficient (Wildman–Crippen LogP) is 13.1. The Labute approximate surface area is 357 Å². The van der Waals surface area contributed by atoms with E-state index in [4.69, 9.17) is 18.5 Å². The molecular weight excluding hydrogens is 750 g/mol. The minimum atomic E-state index is -4.65.